The molecule has 3 heterocycles. The molecule has 3 aromatic rings. The molecule has 192 valence electrons. The van der Waals surface area contributed by atoms with E-state index in [1.807, 2.05) is 18.2 Å². The van der Waals surface area contributed by atoms with Gasteiger partial charge in [0.05, 0.1) is 22.7 Å². The molecule has 0 unspecified atom stereocenters. The van der Waals surface area contributed by atoms with Gasteiger partial charge in [0.1, 0.15) is 5.00 Å². The van der Waals surface area contributed by atoms with Gasteiger partial charge in [-0.25, -0.2) is 8.42 Å². The minimum absolute atomic E-state index is 0.0617. The number of nitrogens with two attached hydrogens (primary N) is 1. The van der Waals surface area contributed by atoms with Gasteiger partial charge in [-0.2, -0.15) is 0 Å². The van der Waals surface area contributed by atoms with Gasteiger partial charge in [-0.15, -0.1) is 11.3 Å². The Kier molecular flexibility index (Phi) is 6.50. The highest BCUT2D eigenvalue weighted by molar-refractivity contribution is 7.92. The molecule has 0 radical (unpaired) electrons. The Morgan fingerprint density at radius 2 is 1.73 bits per heavy atom. The van der Waals surface area contributed by atoms with Crippen LogP contribution in [0.5, 0.6) is 0 Å². The van der Waals surface area contributed by atoms with Crippen molar-refractivity contribution in [2.24, 2.45) is 5.73 Å². The van der Waals surface area contributed by atoms with Gasteiger partial charge in [0.2, 0.25) is 5.91 Å². The predicted octanol–water partition coefficient (Wildman–Crippen LogP) is 3.15. The van der Waals surface area contributed by atoms with Crippen molar-refractivity contribution in [3.63, 3.8) is 0 Å². The average Bonchev–Trinajstić information content (AvgIpc) is 3.25. The number of carbonyl (C=O) groups excluding carboxylic acids is 3. The number of carbonyl (C=O) groups is 3. The number of fused-ring (bicyclic) bond motifs is 2. The van der Waals surface area contributed by atoms with E-state index < -0.39 is 21.8 Å². The van der Waals surface area contributed by atoms with Crippen LogP contribution in [0.25, 0.3) is 0 Å². The van der Waals surface area contributed by atoms with E-state index in [1.165, 1.54) is 46.8 Å². The van der Waals surface area contributed by atoms with Crippen LogP contribution >= 0.6 is 11.3 Å². The molecule has 3 amide bonds. The summed E-state index contributed by atoms with van der Waals surface area (Å²) in [7, 11) is -3.80. The van der Waals surface area contributed by atoms with Crippen molar-refractivity contribution in [1.82, 2.24) is 4.90 Å². The second-order valence-corrected chi connectivity index (χ2v) is 12.0. The van der Waals surface area contributed by atoms with Gasteiger partial charge in [-0.3, -0.25) is 18.7 Å². The maximum Gasteiger partial charge on any atom is 0.264 e. The number of nitrogens with one attached hydrogen (secondary N) is 1. The van der Waals surface area contributed by atoms with Gasteiger partial charge in [-0.05, 0) is 60.7 Å². The number of nitrogens with zero attached hydrogens (tertiary/aromatic N) is 2. The predicted molar refractivity (Wildman–Crippen MR) is 141 cm³/mol. The summed E-state index contributed by atoms with van der Waals surface area (Å²) in [5.41, 5.74) is 8.56. The van der Waals surface area contributed by atoms with E-state index in [0.717, 1.165) is 28.8 Å². The quantitative estimate of drug-likeness (QED) is 0.516. The highest BCUT2D eigenvalue weighted by atomic mass is 32.2. The Hall–Kier alpha value is -3.70. The molecule has 3 N–H and O–H groups in total. The summed E-state index contributed by atoms with van der Waals surface area (Å²) in [4.78, 5) is 39.6. The SMILES string of the molecule is CC(=O)N1CCc2c(sc(NC(=O)c3ccc(S(=O)(=O)N4CCCc5ccccc54)cc3)c2C(N)=O)C1. The highest BCUT2D eigenvalue weighted by Gasteiger charge is 2.30. The average molecular weight is 539 g/mol. The van der Waals surface area contributed by atoms with E-state index in [9.17, 15) is 22.8 Å². The minimum Gasteiger partial charge on any atom is -0.365 e. The molecule has 0 fully saturated rings. The lowest BCUT2D eigenvalue weighted by Crippen LogP contribution is -2.35. The summed E-state index contributed by atoms with van der Waals surface area (Å²) in [6.07, 6.45) is 2.03. The molecule has 1 aromatic heterocycles. The number of amides is 3. The summed E-state index contributed by atoms with van der Waals surface area (Å²) < 4.78 is 28.2. The van der Waals surface area contributed by atoms with Crippen LogP contribution < -0.4 is 15.4 Å². The molecule has 0 spiro atoms. The van der Waals surface area contributed by atoms with E-state index in [2.05, 4.69) is 5.32 Å². The zero-order chi connectivity index (χ0) is 26.3. The molecule has 11 heteroatoms. The van der Waals surface area contributed by atoms with Crippen molar-refractivity contribution in [2.45, 2.75) is 37.6 Å². The van der Waals surface area contributed by atoms with Gasteiger partial charge < -0.3 is 16.0 Å². The fraction of sp³-hybridized carbons (Fsp3) is 0.269. The molecular formula is C26H26N4O5S2. The second kappa shape index (κ2) is 9.64. The number of anilines is 2. The largest absolute Gasteiger partial charge is 0.365 e. The van der Waals surface area contributed by atoms with Gasteiger partial charge in [0, 0.05) is 30.5 Å². The number of para-hydroxylation sites is 1. The number of sulfonamides is 1. The summed E-state index contributed by atoms with van der Waals surface area (Å²) in [6, 6.07) is 13.2. The molecular weight excluding hydrogens is 512 g/mol. The first kappa shape index (κ1) is 25.0. The van der Waals surface area contributed by atoms with Crippen molar-refractivity contribution in [2.75, 3.05) is 22.7 Å². The monoisotopic (exact) mass is 538 g/mol. The lowest BCUT2D eigenvalue weighted by atomic mass is 10.0. The topological polar surface area (TPSA) is 130 Å². The fourth-order valence-corrected chi connectivity index (χ4v) is 7.66. The first-order chi connectivity index (χ1) is 17.7. The van der Waals surface area contributed by atoms with Crippen LogP contribution in [0.15, 0.2) is 53.4 Å². The Morgan fingerprint density at radius 1 is 1.00 bits per heavy atom. The van der Waals surface area contributed by atoms with Gasteiger partial charge in [0.15, 0.2) is 0 Å². The van der Waals surface area contributed by atoms with E-state index in [1.54, 1.807) is 11.0 Å². The van der Waals surface area contributed by atoms with Gasteiger partial charge in [0.25, 0.3) is 21.8 Å². The first-order valence-corrected chi connectivity index (χ1v) is 14.1. The second-order valence-electron chi connectivity index (χ2n) is 9.05. The number of benzene rings is 2. The van der Waals surface area contributed by atoms with Gasteiger partial charge >= 0.3 is 0 Å². The molecule has 5 rings (SSSR count). The molecule has 9 nitrogen and oxygen atoms in total. The van der Waals surface area contributed by atoms with Gasteiger partial charge in [-0.1, -0.05) is 18.2 Å². The molecule has 0 bridgehead atoms. The van der Waals surface area contributed by atoms with Crippen molar-refractivity contribution in [3.05, 3.63) is 75.7 Å². The van der Waals surface area contributed by atoms with Crippen molar-refractivity contribution >= 4 is 49.8 Å². The lowest BCUT2D eigenvalue weighted by molar-refractivity contribution is -0.129. The third-order valence-corrected chi connectivity index (χ3v) is 9.71. The fourth-order valence-electron chi connectivity index (χ4n) is 4.85. The number of thiophene rings is 1. The third kappa shape index (κ3) is 4.60. The van der Waals surface area contributed by atoms with E-state index in [-0.39, 0.29) is 21.9 Å². The Bertz CT molecular complexity index is 1510. The summed E-state index contributed by atoms with van der Waals surface area (Å²) in [6.45, 7) is 2.72. The molecule has 0 saturated heterocycles. The van der Waals surface area contributed by atoms with Crippen LogP contribution in [-0.4, -0.2) is 44.1 Å². The molecule has 2 aliphatic heterocycles. The lowest BCUT2D eigenvalue weighted by Gasteiger charge is -2.30. The van der Waals surface area contributed by atoms with Crippen LogP contribution in [0.1, 0.15) is 50.1 Å². The summed E-state index contributed by atoms with van der Waals surface area (Å²) in [5, 5.41) is 3.09. The Balaban J connectivity index is 1.38. The highest BCUT2D eigenvalue weighted by Crippen LogP contribution is 2.37. The summed E-state index contributed by atoms with van der Waals surface area (Å²) in [5.74, 6) is -1.20. The normalized spacial score (nSPS) is 15.1. The van der Waals surface area contributed by atoms with Crippen molar-refractivity contribution in [1.29, 1.82) is 0 Å². The third-order valence-electron chi connectivity index (χ3n) is 6.75. The number of hydrogen-bond donors (Lipinski definition) is 2. The minimum atomic E-state index is -3.80. The maximum absolute atomic E-state index is 13.4. The molecule has 2 aliphatic rings. The first-order valence-electron chi connectivity index (χ1n) is 11.9. The van der Waals surface area contributed by atoms with Crippen LogP contribution in [0.4, 0.5) is 10.7 Å². The van der Waals surface area contributed by atoms with Crippen LogP contribution in [0.3, 0.4) is 0 Å². The number of rotatable bonds is 5. The van der Waals surface area contributed by atoms with Crippen LogP contribution in [0.2, 0.25) is 0 Å². The number of aryl methyl sites for hydroxylation is 1. The van der Waals surface area contributed by atoms with E-state index >= 15 is 0 Å². The molecule has 2 aromatic carbocycles. The molecule has 37 heavy (non-hydrogen) atoms. The summed E-state index contributed by atoms with van der Waals surface area (Å²) >= 11 is 1.22. The van der Waals surface area contributed by atoms with Crippen LogP contribution in [0, 0.1) is 0 Å². The number of primary amides is 1. The molecule has 0 aliphatic carbocycles. The standard InChI is InChI=1S/C26H26N4O5S2/c1-16(31)29-14-12-20-22(15-29)36-26(23(20)24(27)32)28-25(33)18-8-10-19(11-9-18)37(34,35)30-13-4-6-17-5-2-3-7-21(17)30/h2-3,5,7-11H,4,6,12-15H2,1H3,(H2,27,32)(H,28,33). The Morgan fingerprint density at radius 3 is 2.43 bits per heavy atom. The van der Waals surface area contributed by atoms with Crippen molar-refractivity contribution < 1.29 is 22.8 Å². The Labute approximate surface area is 218 Å². The number of hydrogen-bond acceptors (Lipinski definition) is 6. The van der Waals surface area contributed by atoms with E-state index in [0.29, 0.717) is 36.7 Å². The maximum atomic E-state index is 13.4. The van der Waals surface area contributed by atoms with Crippen molar-refractivity contribution in [3.8, 4) is 0 Å². The van der Waals surface area contributed by atoms with Crippen LogP contribution in [-0.2, 0) is 34.2 Å². The van der Waals surface area contributed by atoms with E-state index in [4.69, 9.17) is 5.73 Å². The smallest absolute Gasteiger partial charge is 0.264 e. The molecule has 0 atom stereocenters. The molecule has 0 saturated carbocycles. The zero-order valence-electron chi connectivity index (χ0n) is 20.2. The zero-order valence-corrected chi connectivity index (χ0v) is 21.8.